The number of alkyl halides is 3. The van der Waals surface area contributed by atoms with Gasteiger partial charge in [-0.25, -0.2) is 0 Å². The summed E-state index contributed by atoms with van der Waals surface area (Å²) in [4.78, 5) is 2.29. The van der Waals surface area contributed by atoms with Gasteiger partial charge in [-0.05, 0) is 49.9 Å². The Kier molecular flexibility index (Phi) is 4.94. The summed E-state index contributed by atoms with van der Waals surface area (Å²) < 4.78 is 38.3. The molecule has 2 nitrogen and oxygen atoms in total. The van der Waals surface area contributed by atoms with E-state index in [9.17, 15) is 13.2 Å². The number of benzene rings is 1. The van der Waals surface area contributed by atoms with Crippen LogP contribution in [0.5, 0.6) is 0 Å². The van der Waals surface area contributed by atoms with Gasteiger partial charge in [0.25, 0.3) is 0 Å². The molecule has 1 aromatic rings. The predicted molar refractivity (Wildman–Crippen MR) is 77.8 cm³/mol. The fourth-order valence-corrected chi connectivity index (χ4v) is 2.98. The molecule has 1 heterocycles. The van der Waals surface area contributed by atoms with Crippen LogP contribution in [0.3, 0.4) is 0 Å². The zero-order valence-electron chi connectivity index (χ0n) is 12.5. The first-order chi connectivity index (χ1) is 9.79. The van der Waals surface area contributed by atoms with Crippen molar-refractivity contribution in [2.24, 2.45) is 11.7 Å². The zero-order chi connectivity index (χ0) is 15.6. The van der Waals surface area contributed by atoms with Crippen LogP contribution in [0.25, 0.3) is 0 Å². The predicted octanol–water partition coefficient (Wildman–Crippen LogP) is 3.83. The maximum atomic E-state index is 12.8. The average molecular weight is 300 g/mol. The minimum atomic E-state index is -4.32. The van der Waals surface area contributed by atoms with Crippen LogP contribution in [0, 0.1) is 5.92 Å². The Bertz CT molecular complexity index is 473. The van der Waals surface area contributed by atoms with Crippen molar-refractivity contribution in [2.45, 2.75) is 44.9 Å². The molecule has 21 heavy (non-hydrogen) atoms. The van der Waals surface area contributed by atoms with Gasteiger partial charge in [0.1, 0.15) is 0 Å². The van der Waals surface area contributed by atoms with E-state index in [1.165, 1.54) is 18.6 Å². The van der Waals surface area contributed by atoms with E-state index < -0.39 is 11.7 Å². The summed E-state index contributed by atoms with van der Waals surface area (Å²) in [5.41, 5.74) is 6.06. The van der Waals surface area contributed by atoms with Crippen LogP contribution in [0.4, 0.5) is 13.2 Å². The first-order valence-corrected chi connectivity index (χ1v) is 7.46. The molecule has 1 aliphatic rings. The monoisotopic (exact) mass is 300 g/mol. The highest BCUT2D eigenvalue weighted by Gasteiger charge is 2.31. The van der Waals surface area contributed by atoms with Crippen LogP contribution in [-0.2, 0) is 6.18 Å². The summed E-state index contributed by atoms with van der Waals surface area (Å²) in [6.45, 7) is 5.96. The van der Waals surface area contributed by atoms with Crippen molar-refractivity contribution in [3.05, 3.63) is 35.4 Å². The molecule has 5 heteroatoms. The summed E-state index contributed by atoms with van der Waals surface area (Å²) in [6, 6.07) is 5.40. The molecular formula is C16H23F3N2. The lowest BCUT2D eigenvalue weighted by atomic mass is 9.91. The standard InChI is InChI=1S/C16H23F3N2/c1-11-5-4-8-21(12(11)2)10-15(20)13-6-3-7-14(9-13)16(17,18)19/h3,6-7,9,11-12,15H,4-5,8,10,20H2,1-2H3. The quantitative estimate of drug-likeness (QED) is 0.919. The molecule has 2 rings (SSSR count). The largest absolute Gasteiger partial charge is 0.416 e. The third kappa shape index (κ3) is 3.98. The smallest absolute Gasteiger partial charge is 0.323 e. The van der Waals surface area contributed by atoms with Crippen molar-refractivity contribution in [1.82, 2.24) is 4.90 Å². The van der Waals surface area contributed by atoms with Crippen molar-refractivity contribution in [3.8, 4) is 0 Å². The Morgan fingerprint density at radius 2 is 2.05 bits per heavy atom. The molecule has 2 N–H and O–H groups in total. The lowest BCUT2D eigenvalue weighted by molar-refractivity contribution is -0.137. The van der Waals surface area contributed by atoms with Crippen molar-refractivity contribution in [3.63, 3.8) is 0 Å². The second-order valence-electron chi connectivity index (χ2n) is 6.08. The Hall–Kier alpha value is -1.07. The van der Waals surface area contributed by atoms with E-state index in [1.54, 1.807) is 6.07 Å². The maximum absolute atomic E-state index is 12.8. The molecule has 1 aromatic carbocycles. The van der Waals surface area contributed by atoms with Gasteiger partial charge in [-0.15, -0.1) is 0 Å². The Morgan fingerprint density at radius 3 is 2.71 bits per heavy atom. The fourth-order valence-electron chi connectivity index (χ4n) is 2.98. The molecule has 0 saturated carbocycles. The second-order valence-corrected chi connectivity index (χ2v) is 6.08. The third-order valence-electron chi connectivity index (χ3n) is 4.58. The number of hydrogen-bond donors (Lipinski definition) is 1. The molecular weight excluding hydrogens is 277 g/mol. The van der Waals surface area contributed by atoms with E-state index in [1.807, 2.05) is 0 Å². The number of nitrogens with zero attached hydrogens (tertiary/aromatic N) is 1. The molecule has 3 unspecified atom stereocenters. The molecule has 1 saturated heterocycles. The van der Waals surface area contributed by atoms with Gasteiger partial charge in [0.2, 0.25) is 0 Å². The van der Waals surface area contributed by atoms with Crippen molar-refractivity contribution < 1.29 is 13.2 Å². The Balaban J connectivity index is 2.08. The van der Waals surface area contributed by atoms with Crippen molar-refractivity contribution in [1.29, 1.82) is 0 Å². The normalized spacial score (nSPS) is 25.8. The first kappa shape index (κ1) is 16.3. The molecule has 0 amide bonds. The van der Waals surface area contributed by atoms with Gasteiger partial charge in [0, 0.05) is 18.6 Å². The van der Waals surface area contributed by atoms with Gasteiger partial charge in [0.05, 0.1) is 5.56 Å². The van der Waals surface area contributed by atoms with Gasteiger partial charge in [-0.3, -0.25) is 4.90 Å². The van der Waals surface area contributed by atoms with E-state index in [0.717, 1.165) is 19.0 Å². The highest BCUT2D eigenvalue weighted by molar-refractivity contribution is 5.28. The van der Waals surface area contributed by atoms with Gasteiger partial charge in [-0.2, -0.15) is 13.2 Å². The lowest BCUT2D eigenvalue weighted by Gasteiger charge is -2.39. The van der Waals surface area contributed by atoms with Crippen LogP contribution in [0.2, 0.25) is 0 Å². The number of likely N-dealkylation sites (tertiary alicyclic amines) is 1. The lowest BCUT2D eigenvalue weighted by Crippen LogP contribution is -2.45. The Morgan fingerprint density at radius 1 is 1.33 bits per heavy atom. The van der Waals surface area contributed by atoms with Crippen LogP contribution in [-0.4, -0.2) is 24.0 Å². The molecule has 0 radical (unpaired) electrons. The second kappa shape index (κ2) is 6.36. The van der Waals surface area contributed by atoms with E-state index in [4.69, 9.17) is 5.73 Å². The number of hydrogen-bond acceptors (Lipinski definition) is 2. The highest BCUT2D eigenvalue weighted by atomic mass is 19.4. The van der Waals surface area contributed by atoms with Crippen molar-refractivity contribution in [2.75, 3.05) is 13.1 Å². The first-order valence-electron chi connectivity index (χ1n) is 7.46. The zero-order valence-corrected chi connectivity index (χ0v) is 12.5. The third-order valence-corrected chi connectivity index (χ3v) is 4.58. The van der Waals surface area contributed by atoms with Crippen molar-refractivity contribution >= 4 is 0 Å². The summed E-state index contributed by atoms with van der Waals surface area (Å²) in [5, 5.41) is 0. The topological polar surface area (TPSA) is 29.3 Å². The number of rotatable bonds is 3. The van der Waals surface area contributed by atoms with E-state index in [2.05, 4.69) is 18.7 Å². The van der Waals surface area contributed by atoms with Crippen LogP contribution >= 0.6 is 0 Å². The highest BCUT2D eigenvalue weighted by Crippen LogP contribution is 2.31. The van der Waals surface area contributed by atoms with E-state index >= 15 is 0 Å². The SMILES string of the molecule is CC1CCCN(CC(N)c2cccc(C(F)(F)F)c2)C1C. The molecule has 1 aliphatic heterocycles. The number of halogens is 3. The molecule has 0 aromatic heterocycles. The molecule has 118 valence electrons. The molecule has 0 bridgehead atoms. The van der Waals surface area contributed by atoms with Gasteiger partial charge in [-0.1, -0.05) is 19.1 Å². The number of piperidine rings is 1. The fraction of sp³-hybridized carbons (Fsp3) is 0.625. The molecule has 0 aliphatic carbocycles. The van der Waals surface area contributed by atoms with Crippen LogP contribution in [0.1, 0.15) is 43.9 Å². The van der Waals surface area contributed by atoms with Crippen LogP contribution < -0.4 is 5.73 Å². The van der Waals surface area contributed by atoms with Crippen LogP contribution in [0.15, 0.2) is 24.3 Å². The van der Waals surface area contributed by atoms with E-state index in [0.29, 0.717) is 24.1 Å². The minimum absolute atomic E-state index is 0.389. The average Bonchev–Trinajstić information content (AvgIpc) is 2.43. The minimum Gasteiger partial charge on any atom is -0.323 e. The summed E-state index contributed by atoms with van der Waals surface area (Å²) in [5.74, 6) is 0.604. The summed E-state index contributed by atoms with van der Waals surface area (Å²) >= 11 is 0. The maximum Gasteiger partial charge on any atom is 0.416 e. The van der Waals surface area contributed by atoms with Gasteiger partial charge in [0.15, 0.2) is 0 Å². The Labute approximate surface area is 124 Å². The van der Waals surface area contributed by atoms with Gasteiger partial charge >= 0.3 is 6.18 Å². The molecule has 0 spiro atoms. The number of nitrogens with two attached hydrogens (primary N) is 1. The summed E-state index contributed by atoms with van der Waals surface area (Å²) in [6.07, 6.45) is -1.99. The molecule has 3 atom stereocenters. The molecule has 1 fully saturated rings. The van der Waals surface area contributed by atoms with Gasteiger partial charge < -0.3 is 5.73 Å². The summed E-state index contributed by atoms with van der Waals surface area (Å²) in [7, 11) is 0. The van der Waals surface area contributed by atoms with E-state index in [-0.39, 0.29) is 6.04 Å².